The van der Waals surface area contributed by atoms with Gasteiger partial charge in [0.2, 0.25) is 0 Å². The summed E-state index contributed by atoms with van der Waals surface area (Å²) < 4.78 is 5.37. The van der Waals surface area contributed by atoms with Crippen molar-refractivity contribution in [1.82, 2.24) is 0 Å². The average Bonchev–Trinajstić information content (AvgIpc) is 2.52. The molecular weight excluding hydrogens is 264 g/mol. The van der Waals surface area contributed by atoms with Crippen LogP contribution in [0.25, 0.3) is 21.9 Å². The van der Waals surface area contributed by atoms with E-state index >= 15 is 0 Å². The molecule has 3 aromatic rings. The number of carbonyl (C=O) groups is 1. The fourth-order valence-electron chi connectivity index (χ4n) is 2.33. The summed E-state index contributed by atoms with van der Waals surface area (Å²) in [5.41, 5.74) is 1.90. The lowest BCUT2D eigenvalue weighted by molar-refractivity contribution is -0.139. The highest BCUT2D eigenvalue weighted by molar-refractivity contribution is 5.88. The second-order valence-electron chi connectivity index (χ2n) is 4.74. The van der Waals surface area contributed by atoms with Gasteiger partial charge in [0.15, 0.2) is 6.61 Å². The molecule has 21 heavy (non-hydrogen) atoms. The average molecular weight is 278 g/mol. The van der Waals surface area contributed by atoms with Gasteiger partial charge in [-0.05, 0) is 28.5 Å². The number of benzene rings is 3. The lowest BCUT2D eigenvalue weighted by atomic mass is 10.0. The second kappa shape index (κ2) is 5.67. The van der Waals surface area contributed by atoms with Crippen molar-refractivity contribution in [2.75, 3.05) is 6.61 Å². The summed E-state index contributed by atoms with van der Waals surface area (Å²) in [4.78, 5) is 10.7. The Morgan fingerprint density at radius 2 is 1.62 bits per heavy atom. The molecule has 0 unspecified atom stereocenters. The Balaban J connectivity index is 2.03. The fraction of sp³-hybridized carbons (Fsp3) is 0.0556. The Kier molecular flexibility index (Phi) is 3.56. The van der Waals surface area contributed by atoms with Crippen LogP contribution in [0.3, 0.4) is 0 Å². The lowest BCUT2D eigenvalue weighted by Gasteiger charge is -2.10. The van der Waals surface area contributed by atoms with Crippen molar-refractivity contribution < 1.29 is 14.6 Å². The zero-order valence-corrected chi connectivity index (χ0v) is 11.3. The van der Waals surface area contributed by atoms with Gasteiger partial charge in [0.25, 0.3) is 0 Å². The zero-order chi connectivity index (χ0) is 14.7. The Bertz CT molecular complexity index is 793. The molecule has 0 saturated carbocycles. The van der Waals surface area contributed by atoms with Crippen LogP contribution in [-0.2, 0) is 4.79 Å². The molecule has 3 nitrogen and oxygen atoms in total. The maximum absolute atomic E-state index is 10.7. The van der Waals surface area contributed by atoms with E-state index in [1.807, 2.05) is 36.4 Å². The summed E-state index contributed by atoms with van der Waals surface area (Å²) in [5.74, 6) is -0.404. The molecule has 3 heteroatoms. The van der Waals surface area contributed by atoms with Crippen molar-refractivity contribution in [1.29, 1.82) is 0 Å². The molecule has 0 spiro atoms. The molecule has 1 N–H and O–H groups in total. The van der Waals surface area contributed by atoms with E-state index in [1.165, 1.54) is 5.39 Å². The van der Waals surface area contributed by atoms with Crippen LogP contribution >= 0.6 is 0 Å². The number of aliphatic carboxylic acids is 1. The number of hydrogen-bond acceptors (Lipinski definition) is 2. The summed E-state index contributed by atoms with van der Waals surface area (Å²) in [6.45, 7) is -0.343. The van der Waals surface area contributed by atoms with Gasteiger partial charge in [0, 0.05) is 5.56 Å². The molecule has 3 aromatic carbocycles. The number of carboxylic acids is 1. The van der Waals surface area contributed by atoms with Gasteiger partial charge in [-0.2, -0.15) is 0 Å². The standard InChI is InChI=1S/C18H14O3/c19-18(20)12-21-17-8-4-3-7-16(17)15-10-9-13-5-1-2-6-14(13)11-15/h1-11H,12H2,(H,19,20). The number of rotatable bonds is 4. The Morgan fingerprint density at radius 1 is 0.905 bits per heavy atom. The molecule has 0 amide bonds. The van der Waals surface area contributed by atoms with Gasteiger partial charge in [-0.3, -0.25) is 0 Å². The number of para-hydroxylation sites is 1. The molecule has 3 rings (SSSR count). The van der Waals surface area contributed by atoms with E-state index in [1.54, 1.807) is 6.07 Å². The van der Waals surface area contributed by atoms with Crippen molar-refractivity contribution in [3.05, 3.63) is 66.7 Å². The maximum atomic E-state index is 10.7. The highest BCUT2D eigenvalue weighted by atomic mass is 16.5. The van der Waals surface area contributed by atoms with E-state index in [2.05, 4.69) is 24.3 Å². The third-order valence-corrected chi connectivity index (χ3v) is 3.30. The molecule has 0 radical (unpaired) electrons. The summed E-state index contributed by atoms with van der Waals surface area (Å²) >= 11 is 0. The van der Waals surface area contributed by atoms with E-state index in [0.717, 1.165) is 16.5 Å². The monoisotopic (exact) mass is 278 g/mol. The van der Waals surface area contributed by atoms with Gasteiger partial charge >= 0.3 is 5.97 Å². The van der Waals surface area contributed by atoms with Crippen LogP contribution < -0.4 is 4.74 Å². The van der Waals surface area contributed by atoms with Crippen LogP contribution in [0.15, 0.2) is 66.7 Å². The number of ether oxygens (including phenoxy) is 1. The molecule has 0 aliphatic heterocycles. The highest BCUT2D eigenvalue weighted by Gasteiger charge is 2.08. The van der Waals surface area contributed by atoms with Crippen LogP contribution in [0, 0.1) is 0 Å². The first kappa shape index (κ1) is 13.2. The van der Waals surface area contributed by atoms with Crippen LogP contribution in [0.2, 0.25) is 0 Å². The predicted molar refractivity (Wildman–Crippen MR) is 82.5 cm³/mol. The van der Waals surface area contributed by atoms with E-state index in [9.17, 15) is 4.79 Å². The number of carboxylic acid groups (broad SMARTS) is 1. The van der Waals surface area contributed by atoms with Gasteiger partial charge < -0.3 is 9.84 Å². The van der Waals surface area contributed by atoms with Crippen LogP contribution in [0.1, 0.15) is 0 Å². The summed E-state index contributed by atoms with van der Waals surface area (Å²) in [5, 5.41) is 11.1. The predicted octanol–water partition coefficient (Wildman–Crippen LogP) is 3.97. The zero-order valence-electron chi connectivity index (χ0n) is 11.3. The van der Waals surface area contributed by atoms with Crippen molar-refractivity contribution >= 4 is 16.7 Å². The molecule has 0 saturated heterocycles. The molecule has 0 fully saturated rings. The fourth-order valence-corrected chi connectivity index (χ4v) is 2.33. The smallest absolute Gasteiger partial charge is 0.341 e. The molecule has 0 aromatic heterocycles. The summed E-state index contributed by atoms with van der Waals surface area (Å²) in [6.07, 6.45) is 0. The first-order valence-corrected chi connectivity index (χ1v) is 6.67. The molecule has 104 valence electrons. The van der Waals surface area contributed by atoms with Gasteiger partial charge in [-0.15, -0.1) is 0 Å². The van der Waals surface area contributed by atoms with Crippen molar-refractivity contribution in [3.63, 3.8) is 0 Å². The van der Waals surface area contributed by atoms with Crippen molar-refractivity contribution in [2.45, 2.75) is 0 Å². The van der Waals surface area contributed by atoms with Gasteiger partial charge in [-0.25, -0.2) is 4.79 Å². The number of fused-ring (bicyclic) bond motifs is 1. The normalized spacial score (nSPS) is 10.5. The van der Waals surface area contributed by atoms with Crippen LogP contribution in [0.5, 0.6) is 5.75 Å². The van der Waals surface area contributed by atoms with Gasteiger partial charge in [-0.1, -0.05) is 54.6 Å². The Hall–Kier alpha value is -2.81. The van der Waals surface area contributed by atoms with E-state index in [4.69, 9.17) is 9.84 Å². The molecule has 0 heterocycles. The minimum Gasteiger partial charge on any atom is -0.481 e. The van der Waals surface area contributed by atoms with Crippen LogP contribution in [-0.4, -0.2) is 17.7 Å². The van der Waals surface area contributed by atoms with E-state index in [0.29, 0.717) is 5.75 Å². The second-order valence-corrected chi connectivity index (χ2v) is 4.74. The van der Waals surface area contributed by atoms with Crippen molar-refractivity contribution in [3.8, 4) is 16.9 Å². The first-order chi connectivity index (χ1) is 10.2. The first-order valence-electron chi connectivity index (χ1n) is 6.67. The van der Waals surface area contributed by atoms with E-state index < -0.39 is 5.97 Å². The third kappa shape index (κ3) is 2.87. The molecule has 0 aliphatic carbocycles. The van der Waals surface area contributed by atoms with Gasteiger partial charge in [0.05, 0.1) is 0 Å². The lowest BCUT2D eigenvalue weighted by Crippen LogP contribution is -2.09. The number of hydrogen-bond donors (Lipinski definition) is 1. The third-order valence-electron chi connectivity index (χ3n) is 3.30. The van der Waals surface area contributed by atoms with Crippen molar-refractivity contribution in [2.24, 2.45) is 0 Å². The molecule has 0 bridgehead atoms. The Labute approximate surface area is 122 Å². The SMILES string of the molecule is O=C(O)COc1ccccc1-c1ccc2ccccc2c1. The van der Waals surface area contributed by atoms with Crippen LogP contribution in [0.4, 0.5) is 0 Å². The van der Waals surface area contributed by atoms with E-state index in [-0.39, 0.29) is 6.61 Å². The quantitative estimate of drug-likeness (QED) is 0.785. The summed E-state index contributed by atoms with van der Waals surface area (Å²) in [6, 6.07) is 21.7. The molecular formula is C18H14O3. The Morgan fingerprint density at radius 3 is 2.43 bits per heavy atom. The van der Waals surface area contributed by atoms with Gasteiger partial charge in [0.1, 0.15) is 5.75 Å². The summed E-state index contributed by atoms with van der Waals surface area (Å²) in [7, 11) is 0. The molecule has 0 atom stereocenters. The maximum Gasteiger partial charge on any atom is 0.341 e. The minimum atomic E-state index is -0.983. The topological polar surface area (TPSA) is 46.5 Å². The highest BCUT2D eigenvalue weighted by Crippen LogP contribution is 2.31. The minimum absolute atomic E-state index is 0.343. The largest absolute Gasteiger partial charge is 0.481 e. The molecule has 0 aliphatic rings.